The van der Waals surface area contributed by atoms with Crippen molar-refractivity contribution in [2.75, 3.05) is 0 Å². The predicted molar refractivity (Wildman–Crippen MR) is 79.4 cm³/mol. The zero-order valence-electron chi connectivity index (χ0n) is 12.1. The molecular formula is C18H14F3NO. The van der Waals surface area contributed by atoms with Crippen molar-refractivity contribution in [1.82, 2.24) is 0 Å². The van der Waals surface area contributed by atoms with Gasteiger partial charge in [-0.1, -0.05) is 42.5 Å². The SMILES string of the molecule is N#CC1(c2cccc(-c3ccc(C(O)C(F)(F)F)cc3)c2)CC1. The fourth-order valence-electron chi connectivity index (χ4n) is 2.63. The molecule has 0 bridgehead atoms. The maximum absolute atomic E-state index is 12.5. The largest absolute Gasteiger partial charge is 0.418 e. The summed E-state index contributed by atoms with van der Waals surface area (Å²) in [5, 5.41) is 18.5. The molecule has 2 nitrogen and oxygen atoms in total. The third-order valence-electron chi connectivity index (χ3n) is 4.25. The standard InChI is InChI=1S/C18H14F3NO/c19-18(20,21)16(23)13-6-4-12(5-7-13)14-2-1-3-15(10-14)17(11-22)8-9-17/h1-7,10,16,23H,8-9H2. The summed E-state index contributed by atoms with van der Waals surface area (Å²) in [6.45, 7) is 0. The van der Waals surface area contributed by atoms with Crippen molar-refractivity contribution in [2.24, 2.45) is 0 Å². The minimum atomic E-state index is -4.67. The summed E-state index contributed by atoms with van der Waals surface area (Å²) in [5.74, 6) is 0. The van der Waals surface area contributed by atoms with Crippen LogP contribution in [0, 0.1) is 11.3 Å². The molecule has 2 aromatic rings. The second kappa shape index (κ2) is 5.39. The molecule has 3 rings (SSSR count). The Kier molecular flexibility index (Phi) is 3.65. The van der Waals surface area contributed by atoms with Crippen LogP contribution in [0.15, 0.2) is 48.5 Å². The average molecular weight is 317 g/mol. The van der Waals surface area contributed by atoms with Gasteiger partial charge in [-0.2, -0.15) is 18.4 Å². The molecule has 0 saturated heterocycles. The van der Waals surface area contributed by atoms with Crippen molar-refractivity contribution in [3.63, 3.8) is 0 Å². The van der Waals surface area contributed by atoms with Crippen LogP contribution in [0.4, 0.5) is 13.2 Å². The molecule has 1 aliphatic rings. The Bertz CT molecular complexity index is 755. The summed E-state index contributed by atoms with van der Waals surface area (Å²) < 4.78 is 37.5. The van der Waals surface area contributed by atoms with E-state index in [0.717, 1.165) is 29.5 Å². The predicted octanol–water partition coefficient (Wildman–Crippen LogP) is 4.50. The lowest BCUT2D eigenvalue weighted by atomic mass is 9.93. The van der Waals surface area contributed by atoms with Crippen LogP contribution in [0.3, 0.4) is 0 Å². The first-order valence-electron chi connectivity index (χ1n) is 7.23. The number of nitrogens with zero attached hydrogens (tertiary/aromatic N) is 1. The highest BCUT2D eigenvalue weighted by molar-refractivity contribution is 5.65. The smallest absolute Gasteiger partial charge is 0.379 e. The number of nitriles is 1. The van der Waals surface area contributed by atoms with Crippen LogP contribution in [0.5, 0.6) is 0 Å². The highest BCUT2D eigenvalue weighted by Crippen LogP contribution is 2.48. The van der Waals surface area contributed by atoms with Gasteiger partial charge in [0.05, 0.1) is 11.5 Å². The Morgan fingerprint density at radius 1 is 1.04 bits per heavy atom. The minimum Gasteiger partial charge on any atom is -0.379 e. The van der Waals surface area contributed by atoms with Gasteiger partial charge in [0.25, 0.3) is 0 Å². The Morgan fingerprint density at radius 3 is 2.22 bits per heavy atom. The van der Waals surface area contributed by atoms with E-state index >= 15 is 0 Å². The van der Waals surface area contributed by atoms with Crippen LogP contribution < -0.4 is 0 Å². The molecule has 118 valence electrons. The number of rotatable bonds is 3. The Morgan fingerprint density at radius 2 is 1.70 bits per heavy atom. The number of benzene rings is 2. The molecule has 0 heterocycles. The van der Waals surface area contributed by atoms with Crippen molar-refractivity contribution in [2.45, 2.75) is 30.5 Å². The second-order valence-electron chi connectivity index (χ2n) is 5.84. The van der Waals surface area contributed by atoms with E-state index in [9.17, 15) is 23.5 Å². The van der Waals surface area contributed by atoms with Crippen molar-refractivity contribution in [3.8, 4) is 17.2 Å². The summed E-state index contributed by atoms with van der Waals surface area (Å²) in [7, 11) is 0. The van der Waals surface area contributed by atoms with Crippen LogP contribution in [0.1, 0.15) is 30.1 Å². The molecule has 0 aromatic heterocycles. The first-order valence-corrected chi connectivity index (χ1v) is 7.23. The monoisotopic (exact) mass is 317 g/mol. The minimum absolute atomic E-state index is 0.187. The van der Waals surface area contributed by atoms with E-state index in [1.165, 1.54) is 12.1 Å². The normalized spacial score (nSPS) is 17.3. The molecule has 0 amide bonds. The van der Waals surface area contributed by atoms with E-state index < -0.39 is 17.7 Å². The number of hydrogen-bond donors (Lipinski definition) is 1. The van der Waals surface area contributed by atoms with Gasteiger partial charge in [0.1, 0.15) is 0 Å². The van der Waals surface area contributed by atoms with Gasteiger partial charge in [0.2, 0.25) is 0 Å². The molecule has 1 atom stereocenters. The van der Waals surface area contributed by atoms with Crippen LogP contribution in [0.25, 0.3) is 11.1 Å². The summed E-state index contributed by atoms with van der Waals surface area (Å²) in [4.78, 5) is 0. The quantitative estimate of drug-likeness (QED) is 0.905. The highest BCUT2D eigenvalue weighted by atomic mass is 19.4. The summed E-state index contributed by atoms with van der Waals surface area (Å²) >= 11 is 0. The summed E-state index contributed by atoms with van der Waals surface area (Å²) in [5.41, 5.74) is 1.95. The number of hydrogen-bond acceptors (Lipinski definition) is 2. The topological polar surface area (TPSA) is 44.0 Å². The molecule has 1 N–H and O–H groups in total. The second-order valence-corrected chi connectivity index (χ2v) is 5.84. The van der Waals surface area contributed by atoms with Crippen LogP contribution in [-0.4, -0.2) is 11.3 Å². The Labute approximate surface area is 131 Å². The van der Waals surface area contributed by atoms with E-state index in [-0.39, 0.29) is 5.56 Å². The number of alkyl halides is 3. The summed E-state index contributed by atoms with van der Waals surface area (Å²) in [6.07, 6.45) is -5.48. The third kappa shape index (κ3) is 2.95. The van der Waals surface area contributed by atoms with Gasteiger partial charge in [0.15, 0.2) is 6.10 Å². The summed E-state index contributed by atoms with van der Waals surface area (Å²) in [6, 6.07) is 15.5. The molecule has 5 heteroatoms. The van der Waals surface area contributed by atoms with E-state index in [0.29, 0.717) is 0 Å². The molecule has 1 saturated carbocycles. The molecule has 0 radical (unpaired) electrons. The van der Waals surface area contributed by atoms with Crippen LogP contribution in [-0.2, 0) is 5.41 Å². The van der Waals surface area contributed by atoms with Crippen molar-refractivity contribution in [1.29, 1.82) is 5.26 Å². The molecule has 1 fully saturated rings. The maximum Gasteiger partial charge on any atom is 0.418 e. The number of halogens is 3. The van der Waals surface area contributed by atoms with E-state index in [1.807, 2.05) is 24.3 Å². The zero-order chi connectivity index (χ0) is 16.7. The van der Waals surface area contributed by atoms with Gasteiger partial charge in [-0.15, -0.1) is 0 Å². The number of aliphatic hydroxyl groups excluding tert-OH is 1. The van der Waals surface area contributed by atoms with Gasteiger partial charge in [-0.25, -0.2) is 0 Å². The van der Waals surface area contributed by atoms with E-state index in [4.69, 9.17) is 0 Å². The van der Waals surface area contributed by atoms with Gasteiger partial charge < -0.3 is 5.11 Å². The molecular weight excluding hydrogens is 303 g/mol. The number of aliphatic hydroxyl groups is 1. The molecule has 23 heavy (non-hydrogen) atoms. The van der Waals surface area contributed by atoms with Gasteiger partial charge in [-0.05, 0) is 41.2 Å². The van der Waals surface area contributed by atoms with E-state index in [1.54, 1.807) is 12.1 Å². The van der Waals surface area contributed by atoms with Crippen molar-refractivity contribution in [3.05, 3.63) is 59.7 Å². The fourth-order valence-corrected chi connectivity index (χ4v) is 2.63. The van der Waals surface area contributed by atoms with E-state index in [2.05, 4.69) is 6.07 Å². The van der Waals surface area contributed by atoms with Crippen LogP contribution >= 0.6 is 0 Å². The molecule has 2 aromatic carbocycles. The third-order valence-corrected chi connectivity index (χ3v) is 4.25. The lowest BCUT2D eigenvalue weighted by Gasteiger charge is -2.15. The van der Waals surface area contributed by atoms with Gasteiger partial charge in [-0.3, -0.25) is 0 Å². The van der Waals surface area contributed by atoms with Gasteiger partial charge >= 0.3 is 6.18 Å². The fraction of sp³-hybridized carbons (Fsp3) is 0.278. The van der Waals surface area contributed by atoms with Crippen molar-refractivity contribution < 1.29 is 18.3 Å². The highest BCUT2D eigenvalue weighted by Gasteiger charge is 2.44. The average Bonchev–Trinajstić information content (AvgIpc) is 3.35. The molecule has 1 aliphatic carbocycles. The Hall–Kier alpha value is -2.32. The van der Waals surface area contributed by atoms with Gasteiger partial charge in [0, 0.05) is 0 Å². The molecule has 0 aliphatic heterocycles. The maximum atomic E-state index is 12.5. The first-order chi connectivity index (χ1) is 10.9. The first kappa shape index (κ1) is 15.6. The zero-order valence-corrected chi connectivity index (χ0v) is 12.1. The Balaban J connectivity index is 1.89. The molecule has 0 spiro atoms. The van der Waals surface area contributed by atoms with Crippen molar-refractivity contribution >= 4 is 0 Å². The lowest BCUT2D eigenvalue weighted by molar-refractivity contribution is -0.206. The molecule has 1 unspecified atom stereocenters. The lowest BCUT2D eigenvalue weighted by Crippen LogP contribution is -2.19. The van der Waals surface area contributed by atoms with Crippen LogP contribution in [0.2, 0.25) is 0 Å².